The van der Waals surface area contributed by atoms with E-state index in [4.69, 9.17) is 32.7 Å². The van der Waals surface area contributed by atoms with Gasteiger partial charge in [0.15, 0.2) is 0 Å². The lowest BCUT2D eigenvalue weighted by molar-refractivity contribution is -0.384. The second kappa shape index (κ2) is 13.4. The van der Waals surface area contributed by atoms with E-state index < -0.39 is 63.6 Å². The fraction of sp³-hybridized carbons (Fsp3) is 0.250. The number of nitrogens with one attached hydrogen (secondary N) is 1. The van der Waals surface area contributed by atoms with Gasteiger partial charge in [0.25, 0.3) is 17.5 Å². The number of phenols is 1. The lowest BCUT2D eigenvalue weighted by Crippen LogP contribution is -2.53. The number of nitro groups is 1. The summed E-state index contributed by atoms with van der Waals surface area (Å²) in [5.74, 6) is -6.14. The summed E-state index contributed by atoms with van der Waals surface area (Å²) in [5, 5.41) is 24.5. The maximum Gasteiger partial charge on any atom is 0.269 e. The van der Waals surface area contributed by atoms with E-state index >= 15 is 4.79 Å². The Bertz CT molecular complexity index is 2330. The molecule has 2 heterocycles. The van der Waals surface area contributed by atoms with Crippen molar-refractivity contribution in [2.75, 3.05) is 24.5 Å². The largest absolute Gasteiger partial charge is 0.508 e. The van der Waals surface area contributed by atoms with E-state index in [1.54, 1.807) is 48.5 Å². The molecule has 2 saturated heterocycles. The van der Waals surface area contributed by atoms with E-state index in [2.05, 4.69) is 5.43 Å². The van der Waals surface area contributed by atoms with E-state index in [1.807, 2.05) is 6.08 Å². The third kappa shape index (κ3) is 5.43. The normalized spacial score (nSPS) is 25.6. The molecule has 280 valence electrons. The first kappa shape index (κ1) is 36.1. The molecule has 3 fully saturated rings. The molecule has 8 rings (SSSR count). The second-order valence-electron chi connectivity index (χ2n) is 13.9. The van der Waals surface area contributed by atoms with Gasteiger partial charge in [0.1, 0.15) is 17.2 Å². The number of hydrogen-bond acceptors (Lipinski definition) is 10. The number of methoxy groups -OCH3 is 2. The van der Waals surface area contributed by atoms with Gasteiger partial charge >= 0.3 is 0 Å². The van der Waals surface area contributed by atoms with Gasteiger partial charge in [-0.1, -0.05) is 53.1 Å². The molecule has 4 amide bonds. The Morgan fingerprint density at radius 3 is 2.18 bits per heavy atom. The zero-order valence-corrected chi connectivity index (χ0v) is 30.8. The number of aromatic hydroxyl groups is 1. The number of ether oxygens (including phenoxy) is 2. The Labute approximate surface area is 324 Å². The van der Waals surface area contributed by atoms with Gasteiger partial charge in [0, 0.05) is 34.7 Å². The van der Waals surface area contributed by atoms with Crippen LogP contribution in [0.15, 0.2) is 96.6 Å². The Hall–Kier alpha value is -5.92. The Balaban J connectivity index is 1.32. The highest BCUT2D eigenvalue weighted by atomic mass is 35.5. The summed E-state index contributed by atoms with van der Waals surface area (Å²) in [6, 6.07) is 21.3. The van der Waals surface area contributed by atoms with Gasteiger partial charge in [0.2, 0.25) is 11.8 Å². The first-order valence-electron chi connectivity index (χ1n) is 17.3. The maximum atomic E-state index is 15.4. The average molecular weight is 784 g/mol. The van der Waals surface area contributed by atoms with Crippen molar-refractivity contribution in [2.45, 2.75) is 24.2 Å². The van der Waals surface area contributed by atoms with Gasteiger partial charge in [-0.2, -0.15) is 5.01 Å². The number of halogens is 2. The molecular weight excluding hydrogens is 751 g/mol. The van der Waals surface area contributed by atoms with E-state index in [1.165, 1.54) is 50.6 Å². The molecular formula is C40H32Cl2N4O9. The van der Waals surface area contributed by atoms with E-state index in [9.17, 15) is 29.6 Å². The zero-order valence-electron chi connectivity index (χ0n) is 29.3. The van der Waals surface area contributed by atoms with Crippen LogP contribution in [0.2, 0.25) is 10.0 Å². The summed E-state index contributed by atoms with van der Waals surface area (Å²) >= 11 is 12.7. The summed E-state index contributed by atoms with van der Waals surface area (Å²) in [6.07, 6.45) is 1.98. The van der Waals surface area contributed by atoms with Crippen molar-refractivity contribution in [2.24, 2.45) is 23.7 Å². The van der Waals surface area contributed by atoms with E-state index in [0.29, 0.717) is 33.2 Å². The number of benzene rings is 4. The highest BCUT2D eigenvalue weighted by Crippen LogP contribution is 2.65. The minimum absolute atomic E-state index is 0.00330. The number of amides is 4. The molecule has 0 radical (unpaired) electrons. The number of hydrogen-bond donors (Lipinski definition) is 2. The Morgan fingerprint density at radius 1 is 0.855 bits per heavy atom. The molecule has 0 spiro atoms. The summed E-state index contributed by atoms with van der Waals surface area (Å²) in [5.41, 5.74) is 2.88. The van der Waals surface area contributed by atoms with Crippen LogP contribution in [0.1, 0.15) is 29.9 Å². The monoisotopic (exact) mass is 782 g/mol. The number of carbonyl (C=O) groups is 4. The molecule has 1 saturated carbocycles. The SMILES string of the molecule is COc1ccc([C@@]23C(=O)N(Nc4ccc(Cl)cc4Cl)C(=O)[C@@H]2C[C@@H]2C(=CC[C@@H]4C(=O)N(c5ccc([N+](=O)[O-])cc5)C(=O)[C@@H]42)[C@@H]3c2ccc(OC)cc2O)cc1. The van der Waals surface area contributed by atoms with Crippen LogP contribution in [0, 0.1) is 33.8 Å². The molecule has 4 aromatic carbocycles. The number of nitrogens with zero attached hydrogens (tertiary/aromatic N) is 3. The number of allylic oxidation sites excluding steroid dienone is 2. The number of rotatable bonds is 8. The van der Waals surface area contributed by atoms with Crippen molar-refractivity contribution in [1.82, 2.24) is 5.01 Å². The molecule has 2 aliphatic carbocycles. The number of non-ortho nitro benzene ring substituents is 1. The van der Waals surface area contributed by atoms with Crippen molar-refractivity contribution in [1.29, 1.82) is 0 Å². The Morgan fingerprint density at radius 2 is 1.55 bits per heavy atom. The predicted molar refractivity (Wildman–Crippen MR) is 201 cm³/mol. The number of nitro benzene ring substituents is 1. The van der Waals surface area contributed by atoms with Crippen molar-refractivity contribution in [3.63, 3.8) is 0 Å². The molecule has 0 bridgehead atoms. The molecule has 6 atom stereocenters. The first-order chi connectivity index (χ1) is 26.4. The van der Waals surface area contributed by atoms with Gasteiger partial charge in [-0.05, 0) is 72.9 Å². The predicted octanol–water partition coefficient (Wildman–Crippen LogP) is 6.81. The summed E-state index contributed by atoms with van der Waals surface area (Å²) in [4.78, 5) is 70.7. The van der Waals surface area contributed by atoms with Crippen molar-refractivity contribution in [3.05, 3.63) is 128 Å². The quantitative estimate of drug-likeness (QED) is 0.0838. The topological polar surface area (TPSA) is 169 Å². The second-order valence-corrected chi connectivity index (χ2v) is 14.8. The molecule has 4 aromatic rings. The third-order valence-electron chi connectivity index (χ3n) is 11.4. The summed E-state index contributed by atoms with van der Waals surface area (Å²) in [7, 11) is 2.96. The third-order valence-corrected chi connectivity index (χ3v) is 12.0. The maximum absolute atomic E-state index is 15.4. The van der Waals surface area contributed by atoms with Gasteiger partial charge in [-0.25, -0.2) is 0 Å². The van der Waals surface area contributed by atoms with Crippen molar-refractivity contribution < 1.29 is 38.7 Å². The molecule has 2 aliphatic heterocycles. The molecule has 0 unspecified atom stereocenters. The summed E-state index contributed by atoms with van der Waals surface area (Å²) in [6.45, 7) is 0. The first-order valence-corrected chi connectivity index (χ1v) is 18.1. The lowest BCUT2D eigenvalue weighted by atomic mass is 9.49. The minimum atomic E-state index is -1.68. The van der Waals surface area contributed by atoms with Gasteiger partial charge in [-0.15, -0.1) is 0 Å². The highest BCUT2D eigenvalue weighted by Gasteiger charge is 2.70. The Kier molecular flexibility index (Phi) is 8.81. The highest BCUT2D eigenvalue weighted by molar-refractivity contribution is 6.36. The number of carbonyl (C=O) groups excluding carboxylic acids is 4. The standard InChI is InChI=1S/C40H32Cl2N4O9/c1-54-24-10-3-20(4-11-24)40-30(37(49)45(39(40)51)43-32-16-5-21(41)17-31(32)42)19-29-26(35(40)27-13-12-25(55-2)18-33(27)47)14-15-28-34(29)38(50)44(36(28)48)22-6-8-23(9-7-22)46(52)53/h3-14,16-18,28-30,34-35,43,47H,15,19H2,1-2H3/t28-,29+,30-,34-,35+,40+/m0/s1. The zero-order chi connectivity index (χ0) is 38.9. The minimum Gasteiger partial charge on any atom is -0.508 e. The van der Waals surface area contributed by atoms with E-state index in [0.717, 1.165) is 9.91 Å². The molecule has 2 N–H and O–H groups in total. The van der Waals surface area contributed by atoms with Crippen LogP contribution in [0.25, 0.3) is 0 Å². The van der Waals surface area contributed by atoms with Crippen LogP contribution in [-0.4, -0.2) is 52.9 Å². The number of phenolic OH excluding ortho intramolecular Hbond substituents is 1. The number of fused-ring (bicyclic) bond motifs is 4. The summed E-state index contributed by atoms with van der Waals surface area (Å²) < 4.78 is 10.8. The van der Waals surface area contributed by atoms with Gasteiger partial charge < -0.3 is 14.6 Å². The fourth-order valence-corrected chi connectivity index (χ4v) is 9.51. The van der Waals surface area contributed by atoms with E-state index in [-0.39, 0.29) is 40.7 Å². The molecule has 4 aliphatic rings. The molecule has 0 aromatic heterocycles. The van der Waals surface area contributed by atoms with Crippen LogP contribution in [-0.2, 0) is 24.6 Å². The van der Waals surface area contributed by atoms with Crippen molar-refractivity contribution >= 4 is 63.9 Å². The smallest absolute Gasteiger partial charge is 0.269 e. The number of anilines is 2. The average Bonchev–Trinajstić information content (AvgIpc) is 3.56. The molecule has 15 heteroatoms. The number of hydrazine groups is 1. The van der Waals surface area contributed by atoms with Crippen LogP contribution in [0.5, 0.6) is 17.2 Å². The van der Waals surface area contributed by atoms with Crippen LogP contribution < -0.4 is 19.8 Å². The van der Waals surface area contributed by atoms with Crippen LogP contribution >= 0.6 is 23.2 Å². The van der Waals surface area contributed by atoms with Crippen LogP contribution in [0.4, 0.5) is 17.1 Å². The molecule has 13 nitrogen and oxygen atoms in total. The van der Waals surface area contributed by atoms with Crippen LogP contribution in [0.3, 0.4) is 0 Å². The number of imide groups is 2. The lowest BCUT2D eigenvalue weighted by Gasteiger charge is -2.50. The van der Waals surface area contributed by atoms with Gasteiger partial charge in [-0.3, -0.25) is 39.6 Å². The van der Waals surface area contributed by atoms with Gasteiger partial charge in [0.05, 0.1) is 58.7 Å². The molecule has 55 heavy (non-hydrogen) atoms. The fourth-order valence-electron chi connectivity index (χ4n) is 9.06. The van der Waals surface area contributed by atoms with Crippen molar-refractivity contribution in [3.8, 4) is 17.2 Å².